The van der Waals surface area contributed by atoms with Crippen LogP contribution in [0.2, 0.25) is 20.1 Å². The minimum atomic E-state index is -10.7. The zero-order chi connectivity index (χ0) is 36.0. The average molecular weight is 884 g/mol. The van der Waals surface area contributed by atoms with E-state index in [2.05, 4.69) is 60.7 Å². The van der Waals surface area contributed by atoms with Crippen molar-refractivity contribution in [2.75, 3.05) is 0 Å². The van der Waals surface area contributed by atoms with Gasteiger partial charge < -0.3 is 9.84 Å². The van der Waals surface area contributed by atoms with E-state index in [0.717, 1.165) is 0 Å². The molecule has 5 aromatic rings. The van der Waals surface area contributed by atoms with E-state index in [4.69, 9.17) is 56.2 Å². The third-order valence-corrected chi connectivity index (χ3v) is 9.15. The maximum absolute atomic E-state index is 10.8. The van der Waals surface area contributed by atoms with Crippen LogP contribution in [-0.4, -0.2) is 17.7 Å². The molecule has 0 aliphatic heterocycles. The topological polar surface area (TPSA) is 63.6 Å². The Morgan fingerprint density at radius 3 is 1.35 bits per heavy atom. The molecule has 0 radical (unpaired) electrons. The van der Waals surface area contributed by atoms with Crippen LogP contribution in [-0.2, 0) is 0 Å². The number of benzene rings is 5. The fourth-order valence-electron chi connectivity index (χ4n) is 3.07. The second kappa shape index (κ2) is 17.6. The molecular weight excluding hydrogens is 862 g/mol. The molecule has 0 spiro atoms. The minimum Gasteiger partial charge on any atom is -0.505 e. The molecule has 0 aliphatic carbocycles. The van der Waals surface area contributed by atoms with Crippen LogP contribution in [0.1, 0.15) is 20.7 Å². The number of hydrogen-bond acceptors (Lipinski definition) is 4. The Bertz CT molecular complexity index is 1760. The van der Waals surface area contributed by atoms with Gasteiger partial charge in [0, 0.05) is 11.1 Å². The van der Waals surface area contributed by atoms with Gasteiger partial charge in [0.15, 0.2) is 31.2 Å². The van der Waals surface area contributed by atoms with Crippen molar-refractivity contribution >= 4 is 66.8 Å². The summed E-state index contributed by atoms with van der Waals surface area (Å²) in [6, 6.07) is 36.5. The SMILES string of the molecule is F[P-](F)(F)(F)(F)F.O=Cc1ccc(Cl)c(O)c1Cl.O=Cc1ccc(Cl)c(Oc2ccccc2)c1Cl.c1ccc([I+]c2ccccc2)cc1. The molecule has 0 fully saturated rings. The molecule has 0 heterocycles. The van der Waals surface area contributed by atoms with E-state index in [9.17, 15) is 34.8 Å². The molecule has 1 N–H and O–H groups in total. The van der Waals surface area contributed by atoms with Gasteiger partial charge in [-0.15, -0.1) is 0 Å². The molecule has 0 atom stereocenters. The standard InChI is InChI=1S/C13H8Cl2O2.C12H10I.C7H4Cl2O2.F6P/c14-11-7-6-9(8-16)12(15)13(11)17-10-4-2-1-3-5-10;1-3-7-11(8-4-1)13-12-9-5-2-6-10-12;8-5-2-1-4(3-10)6(9)7(5)11;1-7(2,3,4,5)6/h1-8H;1-10H;1-3,11H;/q;+1;;-1. The van der Waals surface area contributed by atoms with Crippen LogP contribution in [0.15, 0.2) is 115 Å². The number of carbonyl (C=O) groups is 2. The van der Waals surface area contributed by atoms with Crippen molar-refractivity contribution in [2.24, 2.45) is 0 Å². The molecule has 5 aromatic carbocycles. The molecule has 256 valence electrons. The van der Waals surface area contributed by atoms with Crippen molar-refractivity contribution in [3.05, 3.63) is 154 Å². The molecular formula is C32H22Cl4F6IO4P. The first-order chi connectivity index (χ1) is 22.3. The van der Waals surface area contributed by atoms with Gasteiger partial charge in [0.2, 0.25) is 0 Å². The number of hydrogen-bond donors (Lipinski definition) is 1. The summed E-state index contributed by atoms with van der Waals surface area (Å²) < 4.78 is 67.7. The molecule has 5 rings (SSSR count). The number of carbonyl (C=O) groups excluding carboxylic acids is 2. The van der Waals surface area contributed by atoms with E-state index in [1.54, 1.807) is 24.3 Å². The summed E-state index contributed by atoms with van der Waals surface area (Å²) in [5.41, 5.74) is 0.579. The van der Waals surface area contributed by atoms with Crippen LogP contribution in [0.5, 0.6) is 17.2 Å². The fraction of sp³-hybridized carbons (Fsp3) is 0. The number of phenolic OH excluding ortho intramolecular Hbond substituents is 1. The van der Waals surface area contributed by atoms with Crippen molar-refractivity contribution < 1.29 is 65.8 Å². The number of ether oxygens (including phenoxy) is 1. The van der Waals surface area contributed by atoms with Crippen LogP contribution in [0, 0.1) is 7.14 Å². The summed E-state index contributed by atoms with van der Waals surface area (Å²) in [7, 11) is -10.7. The third kappa shape index (κ3) is 16.9. The number of rotatable bonds is 6. The van der Waals surface area contributed by atoms with Crippen molar-refractivity contribution in [1.82, 2.24) is 0 Å². The van der Waals surface area contributed by atoms with Gasteiger partial charge in [-0.1, -0.05) is 101 Å². The number of para-hydroxylation sites is 1. The van der Waals surface area contributed by atoms with Crippen LogP contribution in [0.3, 0.4) is 0 Å². The second-order valence-corrected chi connectivity index (χ2v) is 15.4. The van der Waals surface area contributed by atoms with E-state index >= 15 is 0 Å². The largest absolute Gasteiger partial charge is 0.505 e. The first-order valence-electron chi connectivity index (χ1n) is 12.9. The Morgan fingerprint density at radius 2 is 0.938 bits per heavy atom. The predicted octanol–water partition coefficient (Wildman–Crippen LogP) is 10.3. The van der Waals surface area contributed by atoms with E-state index in [0.29, 0.717) is 34.7 Å². The van der Waals surface area contributed by atoms with Crippen LogP contribution < -0.4 is 25.9 Å². The van der Waals surface area contributed by atoms with Crippen molar-refractivity contribution in [1.29, 1.82) is 0 Å². The van der Waals surface area contributed by atoms with Crippen LogP contribution >= 0.6 is 54.2 Å². The molecule has 48 heavy (non-hydrogen) atoms. The number of aromatic hydroxyl groups is 1. The van der Waals surface area contributed by atoms with Crippen molar-refractivity contribution in [2.45, 2.75) is 0 Å². The van der Waals surface area contributed by atoms with Gasteiger partial charge in [-0.25, -0.2) is 0 Å². The Morgan fingerprint density at radius 1 is 0.562 bits per heavy atom. The molecule has 0 saturated carbocycles. The summed E-state index contributed by atoms with van der Waals surface area (Å²) in [5.74, 6) is 0.654. The number of aldehydes is 2. The van der Waals surface area contributed by atoms with Gasteiger partial charge in [-0.2, -0.15) is 0 Å². The van der Waals surface area contributed by atoms with Gasteiger partial charge >= 0.3 is 54.2 Å². The molecule has 0 amide bonds. The number of halogens is 11. The number of phenols is 1. The molecule has 0 saturated heterocycles. The Kier molecular flexibility index (Phi) is 15.0. The maximum Gasteiger partial charge on any atom is 0.357 e. The van der Waals surface area contributed by atoms with E-state index < -0.39 is 7.81 Å². The van der Waals surface area contributed by atoms with E-state index in [1.807, 2.05) is 18.2 Å². The van der Waals surface area contributed by atoms with Crippen molar-refractivity contribution in [3.63, 3.8) is 0 Å². The predicted molar refractivity (Wildman–Crippen MR) is 176 cm³/mol. The van der Waals surface area contributed by atoms with Gasteiger partial charge in [-0.05, 0) is 60.7 Å². The van der Waals surface area contributed by atoms with Gasteiger partial charge in [0.25, 0.3) is 0 Å². The Hall–Kier alpha value is -3.06. The molecule has 0 aromatic heterocycles. The third-order valence-electron chi connectivity index (χ3n) is 5.08. The quantitative estimate of drug-likeness (QED) is 0.0799. The summed E-state index contributed by atoms with van der Waals surface area (Å²) in [5, 5.41) is 9.81. The van der Waals surface area contributed by atoms with E-state index in [1.165, 1.54) is 19.3 Å². The Labute approximate surface area is 301 Å². The smallest absolute Gasteiger partial charge is 0.357 e. The Balaban J connectivity index is 0.000000233. The molecule has 0 aliphatic rings. The maximum atomic E-state index is 10.8. The summed E-state index contributed by atoms with van der Waals surface area (Å²) in [4.78, 5) is 21.0. The molecule has 0 bridgehead atoms. The summed E-state index contributed by atoms with van der Waals surface area (Å²) in [6.45, 7) is 0. The van der Waals surface area contributed by atoms with Gasteiger partial charge in [0.05, 0.1) is 20.1 Å². The average Bonchev–Trinajstić information content (AvgIpc) is 3.03. The minimum absolute atomic E-state index is 0.00694. The first-order valence-corrected chi connectivity index (χ1v) is 18.6. The second-order valence-electron chi connectivity index (χ2n) is 8.87. The zero-order valence-corrected chi connectivity index (χ0v) is 30.0. The van der Waals surface area contributed by atoms with Crippen LogP contribution in [0.4, 0.5) is 25.2 Å². The van der Waals surface area contributed by atoms with Gasteiger partial charge in [0.1, 0.15) is 5.75 Å². The van der Waals surface area contributed by atoms with E-state index in [-0.39, 0.29) is 47.6 Å². The monoisotopic (exact) mass is 882 g/mol. The normalized spacial score (nSPS) is 11.8. The first kappa shape index (κ1) is 41.1. The fourth-order valence-corrected chi connectivity index (χ4v) is 6.24. The summed E-state index contributed by atoms with van der Waals surface area (Å²) in [6.07, 6.45) is 1.22. The molecule has 0 unspecified atom stereocenters. The van der Waals surface area contributed by atoms with Gasteiger partial charge in [-0.3, -0.25) is 9.59 Å². The molecule has 4 nitrogen and oxygen atoms in total. The summed E-state index contributed by atoms with van der Waals surface area (Å²) >= 11 is 23.1. The van der Waals surface area contributed by atoms with Crippen LogP contribution in [0.25, 0.3) is 0 Å². The van der Waals surface area contributed by atoms with Crippen molar-refractivity contribution in [3.8, 4) is 17.2 Å². The zero-order valence-electron chi connectivity index (χ0n) is 23.9. The molecule has 16 heteroatoms.